The molecule has 1 aliphatic heterocycles. The van der Waals surface area contributed by atoms with Gasteiger partial charge < -0.3 is 15.2 Å². The van der Waals surface area contributed by atoms with Gasteiger partial charge in [0.05, 0.1) is 11.6 Å². The standard InChI is InChI=1S/C33H43Cl2N3O3/c1-20(2)19-40-30(39)14-24-7-5-6-23(9-10-24)12-25-13-26(17-37-16-25)27-15-29(33(36)38-18-27)41-22(4)31-28(34)11-8-21(3)32(31)35/h8,11,13,15,17-18,20,22-25H,5-7,9-10,12,14,16,19H2,1-4H3,(H2,36,38). The van der Waals surface area contributed by atoms with Gasteiger partial charge in [0.15, 0.2) is 11.6 Å². The lowest BCUT2D eigenvalue weighted by atomic mass is 9.86. The number of halogens is 2. The second-order valence-corrected chi connectivity index (χ2v) is 12.9. The van der Waals surface area contributed by atoms with E-state index < -0.39 is 6.10 Å². The number of hydrogen-bond acceptors (Lipinski definition) is 6. The van der Waals surface area contributed by atoms with E-state index in [1.54, 1.807) is 6.20 Å². The van der Waals surface area contributed by atoms with Crippen LogP contribution in [0.3, 0.4) is 0 Å². The summed E-state index contributed by atoms with van der Waals surface area (Å²) in [4.78, 5) is 21.4. The zero-order valence-corrected chi connectivity index (χ0v) is 26.2. The van der Waals surface area contributed by atoms with Gasteiger partial charge in [-0.1, -0.05) is 68.5 Å². The highest BCUT2D eigenvalue weighted by Crippen LogP contribution is 2.38. The maximum atomic E-state index is 12.2. The maximum Gasteiger partial charge on any atom is 0.306 e. The van der Waals surface area contributed by atoms with Crippen LogP contribution >= 0.6 is 23.2 Å². The minimum Gasteiger partial charge on any atom is -0.482 e. The molecule has 1 aromatic heterocycles. The number of rotatable bonds is 10. The monoisotopic (exact) mass is 599 g/mol. The van der Waals surface area contributed by atoms with Crippen molar-refractivity contribution < 1.29 is 14.3 Å². The Hall–Kier alpha value is -2.57. The summed E-state index contributed by atoms with van der Waals surface area (Å²) in [6.07, 6.45) is 12.9. The zero-order valence-electron chi connectivity index (χ0n) is 24.7. The molecule has 2 N–H and O–H groups in total. The largest absolute Gasteiger partial charge is 0.482 e. The molecule has 1 saturated carbocycles. The SMILES string of the molecule is Cc1ccc(Cl)c(C(C)Oc2cc(C3=CC(CC4CCCC(CC(=O)OCC(C)C)CC4)CN=C3)cnc2N)c1Cl. The van der Waals surface area contributed by atoms with Crippen molar-refractivity contribution in [2.45, 2.75) is 78.7 Å². The molecule has 0 bridgehead atoms. The highest BCUT2D eigenvalue weighted by molar-refractivity contribution is 6.36. The van der Waals surface area contributed by atoms with Gasteiger partial charge in [-0.15, -0.1) is 0 Å². The minimum absolute atomic E-state index is 0.0451. The molecule has 4 atom stereocenters. The second-order valence-electron chi connectivity index (χ2n) is 12.1. The Morgan fingerprint density at radius 3 is 2.66 bits per heavy atom. The summed E-state index contributed by atoms with van der Waals surface area (Å²) in [5, 5.41) is 1.14. The number of carbonyl (C=O) groups excluding carboxylic acids is 1. The van der Waals surface area contributed by atoms with Crippen LogP contribution in [-0.4, -0.2) is 30.3 Å². The lowest BCUT2D eigenvalue weighted by Crippen LogP contribution is -2.15. The van der Waals surface area contributed by atoms with E-state index in [-0.39, 0.29) is 5.97 Å². The molecule has 1 aromatic carbocycles. The fraction of sp³-hybridized carbons (Fsp3) is 0.545. The molecule has 0 amide bonds. The number of aryl methyl sites for hydroxylation is 1. The number of benzene rings is 1. The number of nitrogens with two attached hydrogens (primary N) is 1. The van der Waals surface area contributed by atoms with Crippen molar-refractivity contribution >= 4 is 46.8 Å². The predicted octanol–water partition coefficient (Wildman–Crippen LogP) is 8.68. The fourth-order valence-corrected chi connectivity index (χ4v) is 6.51. The molecule has 1 aliphatic carbocycles. The van der Waals surface area contributed by atoms with E-state index in [1.165, 1.54) is 6.42 Å². The maximum absolute atomic E-state index is 12.2. The Morgan fingerprint density at radius 2 is 1.88 bits per heavy atom. The van der Waals surface area contributed by atoms with Gasteiger partial charge in [0.25, 0.3) is 0 Å². The number of dihydropyridines is 1. The summed E-state index contributed by atoms with van der Waals surface area (Å²) in [5.74, 6) is 2.55. The number of pyridine rings is 1. The zero-order chi connectivity index (χ0) is 29.5. The third-order valence-electron chi connectivity index (χ3n) is 8.11. The molecule has 222 valence electrons. The number of aromatic nitrogens is 1. The number of allylic oxidation sites excluding steroid dienone is 1. The van der Waals surface area contributed by atoms with Gasteiger partial charge in [-0.2, -0.15) is 0 Å². The average Bonchev–Trinajstić information content (AvgIpc) is 3.16. The van der Waals surface area contributed by atoms with Crippen LogP contribution in [0.4, 0.5) is 5.82 Å². The summed E-state index contributed by atoms with van der Waals surface area (Å²) < 4.78 is 11.7. The van der Waals surface area contributed by atoms with Crippen molar-refractivity contribution in [2.24, 2.45) is 28.7 Å². The summed E-state index contributed by atoms with van der Waals surface area (Å²) in [6, 6.07) is 5.64. The van der Waals surface area contributed by atoms with Crippen LogP contribution in [0.25, 0.3) is 5.57 Å². The van der Waals surface area contributed by atoms with Crippen molar-refractivity contribution in [3.63, 3.8) is 0 Å². The number of nitrogen functional groups attached to an aromatic ring is 1. The number of nitrogens with zero attached hydrogens (tertiary/aromatic N) is 2. The Kier molecular flexibility index (Phi) is 11.1. The fourth-order valence-electron chi connectivity index (χ4n) is 5.83. The number of hydrogen-bond donors (Lipinski definition) is 1. The Morgan fingerprint density at radius 1 is 1.12 bits per heavy atom. The number of ether oxygens (including phenoxy) is 2. The highest BCUT2D eigenvalue weighted by atomic mass is 35.5. The number of anilines is 1. The van der Waals surface area contributed by atoms with Crippen LogP contribution in [0.15, 0.2) is 35.5 Å². The quantitative estimate of drug-likeness (QED) is 0.218. The van der Waals surface area contributed by atoms with Gasteiger partial charge in [0.1, 0.15) is 6.10 Å². The molecular weight excluding hydrogens is 557 g/mol. The van der Waals surface area contributed by atoms with E-state index in [2.05, 4.69) is 24.9 Å². The van der Waals surface area contributed by atoms with Gasteiger partial charge in [-0.3, -0.25) is 9.79 Å². The molecule has 1 fully saturated rings. The molecule has 2 heterocycles. The Balaban J connectivity index is 1.38. The van der Waals surface area contributed by atoms with Gasteiger partial charge in [-0.05, 0) is 80.1 Å². The number of esters is 1. The molecule has 8 heteroatoms. The van der Waals surface area contributed by atoms with Crippen LogP contribution < -0.4 is 10.5 Å². The minimum atomic E-state index is -0.410. The molecule has 0 spiro atoms. The molecule has 4 unspecified atom stereocenters. The average molecular weight is 601 g/mol. The first kappa shape index (κ1) is 31.4. The topological polar surface area (TPSA) is 86.8 Å². The van der Waals surface area contributed by atoms with Crippen molar-refractivity contribution in [1.29, 1.82) is 0 Å². The third kappa shape index (κ3) is 8.71. The smallest absolute Gasteiger partial charge is 0.306 e. The van der Waals surface area contributed by atoms with Crippen LogP contribution in [0.5, 0.6) is 5.75 Å². The van der Waals surface area contributed by atoms with Crippen molar-refractivity contribution in [3.8, 4) is 5.75 Å². The number of aliphatic imine (C=N–C) groups is 1. The summed E-state index contributed by atoms with van der Waals surface area (Å²) in [6.45, 7) is 9.27. The molecule has 6 nitrogen and oxygen atoms in total. The Labute approximate surface area is 254 Å². The molecule has 0 radical (unpaired) electrons. The molecule has 2 aromatic rings. The second kappa shape index (κ2) is 14.6. The lowest BCUT2D eigenvalue weighted by molar-refractivity contribution is -0.145. The van der Waals surface area contributed by atoms with E-state index in [0.29, 0.717) is 58.3 Å². The van der Waals surface area contributed by atoms with E-state index >= 15 is 0 Å². The molecule has 4 rings (SSSR count). The van der Waals surface area contributed by atoms with Crippen LogP contribution in [0.2, 0.25) is 10.0 Å². The van der Waals surface area contributed by atoms with Gasteiger partial charge >= 0.3 is 5.97 Å². The van der Waals surface area contributed by atoms with E-state index in [4.69, 9.17) is 43.4 Å². The highest BCUT2D eigenvalue weighted by Gasteiger charge is 2.25. The summed E-state index contributed by atoms with van der Waals surface area (Å²) in [7, 11) is 0. The van der Waals surface area contributed by atoms with Crippen LogP contribution in [0, 0.1) is 30.6 Å². The third-order valence-corrected chi connectivity index (χ3v) is 8.94. The van der Waals surface area contributed by atoms with E-state index in [9.17, 15) is 4.79 Å². The van der Waals surface area contributed by atoms with Crippen molar-refractivity contribution in [1.82, 2.24) is 4.98 Å². The van der Waals surface area contributed by atoms with Crippen LogP contribution in [-0.2, 0) is 9.53 Å². The molecule has 2 aliphatic rings. The van der Waals surface area contributed by atoms with Gasteiger partial charge in [-0.25, -0.2) is 4.98 Å². The van der Waals surface area contributed by atoms with Crippen molar-refractivity contribution in [3.05, 3.63) is 57.2 Å². The van der Waals surface area contributed by atoms with Gasteiger partial charge in [0.2, 0.25) is 0 Å². The molecule has 0 saturated heterocycles. The first-order valence-corrected chi connectivity index (χ1v) is 15.6. The predicted molar refractivity (Wildman–Crippen MR) is 169 cm³/mol. The van der Waals surface area contributed by atoms with Gasteiger partial charge in [0, 0.05) is 41.5 Å². The van der Waals surface area contributed by atoms with E-state index in [1.807, 2.05) is 38.3 Å². The summed E-state index contributed by atoms with van der Waals surface area (Å²) >= 11 is 13.0. The Bertz CT molecular complexity index is 1280. The van der Waals surface area contributed by atoms with Crippen molar-refractivity contribution in [2.75, 3.05) is 18.9 Å². The first-order chi connectivity index (χ1) is 19.6. The van der Waals surface area contributed by atoms with Crippen LogP contribution in [0.1, 0.15) is 88.5 Å². The van der Waals surface area contributed by atoms with E-state index in [0.717, 1.165) is 60.9 Å². The normalized spacial score (nSPS) is 21.7. The summed E-state index contributed by atoms with van der Waals surface area (Å²) in [5.41, 5.74) is 9.81. The first-order valence-electron chi connectivity index (χ1n) is 14.8. The molecular formula is C33H43Cl2N3O3. The molecule has 41 heavy (non-hydrogen) atoms. The number of carbonyl (C=O) groups is 1. The lowest BCUT2D eigenvalue weighted by Gasteiger charge is -2.23.